The molecule has 0 radical (unpaired) electrons. The zero-order valence-corrected chi connectivity index (χ0v) is 16.7. The number of ether oxygens (including phenoxy) is 1. The highest BCUT2D eigenvalue weighted by atomic mass is 35.5. The number of aromatic nitrogens is 2. The van der Waals surface area contributed by atoms with Gasteiger partial charge in [0.2, 0.25) is 11.7 Å². The molecular weight excluding hydrogens is 386 g/mol. The maximum absolute atomic E-state index is 5.94. The Balaban J connectivity index is 1.33. The molecule has 1 aromatic carbocycles. The van der Waals surface area contributed by atoms with Crippen LogP contribution in [0, 0.1) is 0 Å². The molecule has 0 unspecified atom stereocenters. The fourth-order valence-corrected chi connectivity index (χ4v) is 3.72. The summed E-state index contributed by atoms with van der Waals surface area (Å²) < 4.78 is 10.9. The minimum Gasteiger partial charge on any atom is -0.469 e. The van der Waals surface area contributed by atoms with Gasteiger partial charge in [0.05, 0.1) is 19.3 Å². The molecule has 4 rings (SSSR count). The molecule has 2 aliphatic rings. The van der Waals surface area contributed by atoms with Crippen molar-refractivity contribution in [2.24, 2.45) is 0 Å². The second-order valence-electron chi connectivity index (χ2n) is 6.81. The lowest BCUT2D eigenvalue weighted by Crippen LogP contribution is -2.50. The van der Waals surface area contributed by atoms with Crippen LogP contribution in [0.3, 0.4) is 0 Å². The molecule has 0 amide bonds. The van der Waals surface area contributed by atoms with Crippen LogP contribution in [0.4, 0.5) is 0 Å². The van der Waals surface area contributed by atoms with Crippen LogP contribution in [0.1, 0.15) is 18.9 Å². The lowest BCUT2D eigenvalue weighted by atomic mass is 10.2. The summed E-state index contributed by atoms with van der Waals surface area (Å²) in [5, 5.41) is 5.43. The van der Waals surface area contributed by atoms with E-state index in [4.69, 9.17) is 33.1 Å². The number of rotatable bonds is 5. The van der Waals surface area contributed by atoms with Gasteiger partial charge in [-0.3, -0.25) is 9.80 Å². The third kappa shape index (κ3) is 4.24. The number of halogens is 1. The minimum atomic E-state index is 0.0805. The second kappa shape index (κ2) is 8.10. The lowest BCUT2D eigenvalue weighted by Gasteiger charge is -2.38. The van der Waals surface area contributed by atoms with Crippen LogP contribution in [-0.4, -0.2) is 76.0 Å². The molecule has 0 saturated carbocycles. The number of nitrogens with zero attached hydrogens (tertiary/aromatic N) is 5. The van der Waals surface area contributed by atoms with E-state index in [1.165, 1.54) is 0 Å². The number of hydrogen-bond acceptors (Lipinski definition) is 7. The van der Waals surface area contributed by atoms with Crippen molar-refractivity contribution < 1.29 is 9.26 Å². The van der Waals surface area contributed by atoms with Crippen molar-refractivity contribution in [3.8, 4) is 11.4 Å². The van der Waals surface area contributed by atoms with Crippen LogP contribution in [0.2, 0.25) is 5.02 Å². The summed E-state index contributed by atoms with van der Waals surface area (Å²) in [6, 6.07) is 7.52. The average molecular weight is 408 g/mol. The van der Waals surface area contributed by atoms with Gasteiger partial charge >= 0.3 is 0 Å². The van der Waals surface area contributed by atoms with E-state index in [2.05, 4.69) is 31.8 Å². The summed E-state index contributed by atoms with van der Waals surface area (Å²) in [6.07, 6.45) is 0. The Labute approximate surface area is 168 Å². The largest absolute Gasteiger partial charge is 0.469 e. The highest BCUT2D eigenvalue weighted by Gasteiger charge is 2.28. The average Bonchev–Trinajstić information content (AvgIpc) is 3.32. The Hall–Kier alpha value is -1.74. The predicted octanol–water partition coefficient (Wildman–Crippen LogP) is 2.64. The van der Waals surface area contributed by atoms with Crippen molar-refractivity contribution in [2.75, 3.05) is 46.0 Å². The van der Waals surface area contributed by atoms with Gasteiger partial charge in [-0.15, -0.1) is 0 Å². The van der Waals surface area contributed by atoms with Gasteiger partial charge in [0.15, 0.2) is 0 Å². The number of thiocarbonyl (C=S) groups is 1. The first-order valence-corrected chi connectivity index (χ1v) is 9.86. The molecule has 144 valence electrons. The zero-order valence-electron chi connectivity index (χ0n) is 15.2. The van der Waals surface area contributed by atoms with Gasteiger partial charge in [0.1, 0.15) is 6.61 Å². The molecule has 0 N–H and O–H groups in total. The molecule has 0 aliphatic carbocycles. The minimum absolute atomic E-state index is 0.0805. The molecule has 2 aliphatic heterocycles. The van der Waals surface area contributed by atoms with E-state index in [1.54, 1.807) is 0 Å². The van der Waals surface area contributed by atoms with Gasteiger partial charge in [0, 0.05) is 36.8 Å². The van der Waals surface area contributed by atoms with Gasteiger partial charge in [0.25, 0.3) is 5.17 Å². The molecule has 0 spiro atoms. The van der Waals surface area contributed by atoms with E-state index in [1.807, 2.05) is 24.3 Å². The van der Waals surface area contributed by atoms with E-state index in [0.717, 1.165) is 45.0 Å². The van der Waals surface area contributed by atoms with Gasteiger partial charge in [-0.2, -0.15) is 4.98 Å². The fourth-order valence-electron chi connectivity index (χ4n) is 3.36. The summed E-state index contributed by atoms with van der Waals surface area (Å²) in [5.74, 6) is 1.23. The van der Waals surface area contributed by atoms with Crippen LogP contribution < -0.4 is 0 Å². The molecule has 7 nitrogen and oxygen atoms in total. The fraction of sp³-hybridized carbons (Fsp3) is 0.500. The third-order valence-corrected chi connectivity index (χ3v) is 5.70. The first-order valence-electron chi connectivity index (χ1n) is 9.08. The number of benzene rings is 1. The third-order valence-electron chi connectivity index (χ3n) is 5.07. The molecule has 1 aromatic heterocycles. The maximum Gasteiger partial charge on any atom is 0.260 e. The van der Waals surface area contributed by atoms with E-state index in [9.17, 15) is 0 Å². The summed E-state index contributed by atoms with van der Waals surface area (Å²) in [7, 11) is 0. The van der Waals surface area contributed by atoms with Crippen LogP contribution >= 0.6 is 23.8 Å². The van der Waals surface area contributed by atoms with Crippen LogP contribution in [-0.2, 0) is 4.74 Å². The van der Waals surface area contributed by atoms with Crippen molar-refractivity contribution in [1.82, 2.24) is 24.8 Å². The van der Waals surface area contributed by atoms with E-state index >= 15 is 0 Å². The first kappa shape index (κ1) is 18.6. The SMILES string of the molecule is C[C@@H](c1nc(-c2ccc(Cl)cc2)no1)N1CCN(CN2CCOC2=S)CC1. The zero-order chi connectivity index (χ0) is 18.8. The van der Waals surface area contributed by atoms with E-state index < -0.39 is 0 Å². The molecule has 27 heavy (non-hydrogen) atoms. The Morgan fingerprint density at radius 2 is 1.89 bits per heavy atom. The van der Waals surface area contributed by atoms with Crippen LogP contribution in [0.5, 0.6) is 0 Å². The molecular formula is C18H22ClN5O2S. The molecule has 0 bridgehead atoms. The van der Waals surface area contributed by atoms with E-state index in [0.29, 0.717) is 28.5 Å². The Morgan fingerprint density at radius 1 is 1.15 bits per heavy atom. The smallest absolute Gasteiger partial charge is 0.260 e. The Kier molecular flexibility index (Phi) is 5.58. The standard InChI is InChI=1S/C18H22ClN5O2S/c1-13(17-20-16(21-26-17)14-2-4-15(19)5-3-14)23-8-6-22(7-9-23)12-24-10-11-25-18(24)27/h2-5,13H,6-12H2,1H3/t13-/m0/s1. The number of piperazine rings is 1. The van der Waals surface area contributed by atoms with Crippen molar-refractivity contribution in [3.05, 3.63) is 35.2 Å². The normalized spacial score (nSPS) is 20.1. The summed E-state index contributed by atoms with van der Waals surface area (Å²) in [4.78, 5) is 11.5. The predicted molar refractivity (Wildman–Crippen MR) is 106 cm³/mol. The molecule has 2 fully saturated rings. The summed E-state index contributed by atoms with van der Waals surface area (Å²) >= 11 is 11.2. The van der Waals surface area contributed by atoms with E-state index in [-0.39, 0.29) is 6.04 Å². The van der Waals surface area contributed by atoms with Crippen molar-refractivity contribution in [1.29, 1.82) is 0 Å². The van der Waals surface area contributed by atoms with Gasteiger partial charge in [-0.05, 0) is 43.4 Å². The van der Waals surface area contributed by atoms with Crippen LogP contribution in [0.15, 0.2) is 28.8 Å². The summed E-state index contributed by atoms with van der Waals surface area (Å²) in [6.45, 7) is 8.36. The quantitative estimate of drug-likeness (QED) is 0.701. The van der Waals surface area contributed by atoms with Crippen molar-refractivity contribution in [2.45, 2.75) is 13.0 Å². The van der Waals surface area contributed by atoms with Gasteiger partial charge in [-0.25, -0.2) is 0 Å². The first-order chi connectivity index (χ1) is 13.1. The molecule has 9 heteroatoms. The Bertz CT molecular complexity index is 791. The lowest BCUT2D eigenvalue weighted by molar-refractivity contribution is 0.0696. The van der Waals surface area contributed by atoms with Crippen molar-refractivity contribution >= 4 is 29.0 Å². The van der Waals surface area contributed by atoms with Crippen LogP contribution in [0.25, 0.3) is 11.4 Å². The van der Waals surface area contributed by atoms with Gasteiger partial charge < -0.3 is 14.2 Å². The molecule has 2 aromatic rings. The maximum atomic E-state index is 5.94. The highest BCUT2D eigenvalue weighted by Crippen LogP contribution is 2.24. The topological polar surface area (TPSA) is 57.9 Å². The molecule has 2 saturated heterocycles. The molecule has 3 heterocycles. The second-order valence-corrected chi connectivity index (χ2v) is 7.60. The highest BCUT2D eigenvalue weighted by molar-refractivity contribution is 7.80. The number of hydrogen-bond donors (Lipinski definition) is 0. The van der Waals surface area contributed by atoms with Gasteiger partial charge in [-0.1, -0.05) is 16.8 Å². The monoisotopic (exact) mass is 407 g/mol. The Morgan fingerprint density at radius 3 is 2.56 bits per heavy atom. The van der Waals surface area contributed by atoms with Crippen molar-refractivity contribution in [3.63, 3.8) is 0 Å². The molecule has 1 atom stereocenters. The summed E-state index contributed by atoms with van der Waals surface area (Å²) in [5.41, 5.74) is 0.898.